The maximum atomic E-state index is 13.3. The third-order valence-electron chi connectivity index (χ3n) is 2.92. The molecule has 2 N–H and O–H groups in total. The van der Waals surface area contributed by atoms with Crippen LogP contribution >= 0.6 is 31.9 Å². The highest BCUT2D eigenvalue weighted by molar-refractivity contribution is 9.10. The van der Waals surface area contributed by atoms with Gasteiger partial charge in [-0.25, -0.2) is 4.39 Å². The maximum Gasteiger partial charge on any atom is 0.161 e. The summed E-state index contributed by atoms with van der Waals surface area (Å²) in [5.41, 5.74) is 7.15. The van der Waals surface area contributed by atoms with Crippen molar-refractivity contribution in [3.05, 3.63) is 57.4 Å². The number of pyridine rings is 1. The number of benzene rings is 2. The molecule has 0 spiro atoms. The predicted molar refractivity (Wildman–Crippen MR) is 88.0 cm³/mol. The van der Waals surface area contributed by atoms with Crippen LogP contribution < -0.4 is 10.5 Å². The summed E-state index contributed by atoms with van der Waals surface area (Å²) in [6, 6.07) is 10.1. The highest BCUT2D eigenvalue weighted by Crippen LogP contribution is 2.36. The van der Waals surface area contributed by atoms with Gasteiger partial charge in [-0.1, -0.05) is 15.9 Å². The van der Waals surface area contributed by atoms with Gasteiger partial charge in [0.25, 0.3) is 0 Å². The van der Waals surface area contributed by atoms with Gasteiger partial charge in [-0.2, -0.15) is 0 Å². The van der Waals surface area contributed by atoms with E-state index in [4.69, 9.17) is 10.5 Å². The number of hydrogen-bond donors (Lipinski definition) is 1. The van der Waals surface area contributed by atoms with Gasteiger partial charge in [-0.15, -0.1) is 0 Å². The monoisotopic (exact) mass is 410 g/mol. The van der Waals surface area contributed by atoms with E-state index in [1.165, 1.54) is 6.07 Å². The van der Waals surface area contributed by atoms with Crippen LogP contribution in [-0.2, 0) is 0 Å². The molecular formula is C15H9Br2FN2O. The fourth-order valence-electron chi connectivity index (χ4n) is 1.93. The average Bonchev–Trinajstić information content (AvgIpc) is 2.46. The van der Waals surface area contributed by atoms with Crippen LogP contribution in [0.3, 0.4) is 0 Å². The Bertz CT molecular complexity index is 834. The van der Waals surface area contributed by atoms with Crippen molar-refractivity contribution in [2.75, 3.05) is 5.73 Å². The number of ether oxygens (including phenoxy) is 1. The minimum atomic E-state index is -0.349. The Hall–Kier alpha value is -1.66. The summed E-state index contributed by atoms with van der Waals surface area (Å²) in [6.45, 7) is 0. The molecule has 21 heavy (non-hydrogen) atoms. The smallest absolute Gasteiger partial charge is 0.161 e. The number of rotatable bonds is 2. The van der Waals surface area contributed by atoms with Crippen molar-refractivity contribution in [3.63, 3.8) is 0 Å². The van der Waals surface area contributed by atoms with Crippen molar-refractivity contribution in [2.45, 2.75) is 0 Å². The molecule has 0 saturated heterocycles. The van der Waals surface area contributed by atoms with Crippen molar-refractivity contribution in [1.82, 2.24) is 4.98 Å². The molecule has 0 aliphatic rings. The Morgan fingerprint density at radius 2 is 1.90 bits per heavy atom. The molecule has 0 radical (unpaired) electrons. The molecule has 0 saturated carbocycles. The van der Waals surface area contributed by atoms with E-state index in [-0.39, 0.29) is 5.82 Å². The van der Waals surface area contributed by atoms with Gasteiger partial charge in [-0.3, -0.25) is 4.98 Å². The summed E-state index contributed by atoms with van der Waals surface area (Å²) in [5.74, 6) is 0.639. The van der Waals surface area contributed by atoms with Gasteiger partial charge >= 0.3 is 0 Å². The quantitative estimate of drug-likeness (QED) is 0.624. The van der Waals surface area contributed by atoms with E-state index >= 15 is 0 Å². The molecule has 0 fully saturated rings. The van der Waals surface area contributed by atoms with Crippen LogP contribution in [0.15, 0.2) is 51.5 Å². The summed E-state index contributed by atoms with van der Waals surface area (Å²) < 4.78 is 20.3. The highest BCUT2D eigenvalue weighted by Gasteiger charge is 2.11. The van der Waals surface area contributed by atoms with Crippen molar-refractivity contribution in [3.8, 4) is 11.5 Å². The zero-order chi connectivity index (χ0) is 15.0. The molecule has 0 aliphatic carbocycles. The van der Waals surface area contributed by atoms with Gasteiger partial charge in [0, 0.05) is 9.86 Å². The van der Waals surface area contributed by atoms with E-state index in [1.807, 2.05) is 18.2 Å². The molecule has 0 aliphatic heterocycles. The Kier molecular flexibility index (Phi) is 3.82. The molecule has 0 amide bonds. The van der Waals surface area contributed by atoms with Crippen molar-refractivity contribution in [2.24, 2.45) is 0 Å². The largest absolute Gasteiger partial charge is 0.454 e. The zero-order valence-electron chi connectivity index (χ0n) is 10.6. The molecule has 3 aromatic rings. The minimum absolute atomic E-state index is 0.332. The van der Waals surface area contributed by atoms with Gasteiger partial charge in [0.1, 0.15) is 11.6 Å². The summed E-state index contributed by atoms with van der Waals surface area (Å²) in [7, 11) is 0. The van der Waals surface area contributed by atoms with E-state index in [0.717, 1.165) is 15.4 Å². The lowest BCUT2D eigenvalue weighted by atomic mass is 10.2. The van der Waals surface area contributed by atoms with Crippen molar-refractivity contribution < 1.29 is 9.13 Å². The Morgan fingerprint density at radius 1 is 1.10 bits per heavy atom. The zero-order valence-corrected chi connectivity index (χ0v) is 13.8. The van der Waals surface area contributed by atoms with E-state index in [1.54, 1.807) is 18.3 Å². The van der Waals surface area contributed by atoms with Crippen LogP contribution in [0.4, 0.5) is 10.1 Å². The Morgan fingerprint density at radius 3 is 2.67 bits per heavy atom. The molecule has 6 heteroatoms. The first-order valence-corrected chi connectivity index (χ1v) is 7.60. The van der Waals surface area contributed by atoms with E-state index in [2.05, 4.69) is 36.8 Å². The first kappa shape index (κ1) is 14.3. The Balaban J connectivity index is 2.12. The maximum absolute atomic E-state index is 13.3. The van der Waals surface area contributed by atoms with Gasteiger partial charge in [-0.05, 0) is 52.3 Å². The van der Waals surface area contributed by atoms with E-state index < -0.39 is 0 Å². The molecule has 106 valence electrons. The predicted octanol–water partition coefficient (Wildman–Crippen LogP) is 5.27. The molecule has 2 aromatic carbocycles. The fourth-order valence-corrected chi connectivity index (χ4v) is 2.65. The lowest BCUT2D eigenvalue weighted by Gasteiger charge is -2.12. The summed E-state index contributed by atoms with van der Waals surface area (Å²) >= 11 is 6.55. The second-order valence-electron chi connectivity index (χ2n) is 4.38. The first-order valence-electron chi connectivity index (χ1n) is 6.01. The van der Waals surface area contributed by atoms with Gasteiger partial charge in [0.2, 0.25) is 0 Å². The minimum Gasteiger partial charge on any atom is -0.454 e. The van der Waals surface area contributed by atoms with Crippen LogP contribution in [0.2, 0.25) is 0 Å². The number of nitrogens with zero attached hydrogens (tertiary/aromatic N) is 1. The van der Waals surface area contributed by atoms with Gasteiger partial charge in [0.15, 0.2) is 5.75 Å². The second-order valence-corrected chi connectivity index (χ2v) is 6.15. The number of fused-ring (bicyclic) bond motifs is 1. The first-order chi connectivity index (χ1) is 10.0. The molecule has 0 atom stereocenters. The SMILES string of the molecule is Nc1cnc2ccc(Br)cc2c1Oc1ccc(F)c(Br)c1. The van der Waals surface area contributed by atoms with Crippen LogP contribution in [-0.4, -0.2) is 4.98 Å². The standard InChI is InChI=1S/C15H9Br2FN2O/c16-8-1-4-14-10(5-8)15(13(19)7-20-14)21-9-2-3-12(18)11(17)6-9/h1-7H,19H2. The summed E-state index contributed by atoms with van der Waals surface area (Å²) in [4.78, 5) is 4.26. The fraction of sp³-hybridized carbons (Fsp3) is 0. The van der Waals surface area contributed by atoms with Crippen LogP contribution in [0, 0.1) is 5.82 Å². The van der Waals surface area contributed by atoms with Crippen LogP contribution in [0.5, 0.6) is 11.5 Å². The molecule has 3 rings (SSSR count). The molecule has 1 aromatic heterocycles. The van der Waals surface area contributed by atoms with Crippen LogP contribution in [0.25, 0.3) is 10.9 Å². The third-order valence-corrected chi connectivity index (χ3v) is 4.02. The molecule has 3 nitrogen and oxygen atoms in total. The van der Waals surface area contributed by atoms with E-state index in [0.29, 0.717) is 21.7 Å². The topological polar surface area (TPSA) is 48.1 Å². The number of hydrogen-bond acceptors (Lipinski definition) is 3. The number of nitrogens with two attached hydrogens (primary N) is 1. The number of anilines is 1. The molecule has 1 heterocycles. The molecular weight excluding hydrogens is 403 g/mol. The normalized spacial score (nSPS) is 10.8. The average molecular weight is 412 g/mol. The van der Waals surface area contributed by atoms with Gasteiger partial charge < -0.3 is 10.5 Å². The molecule has 0 unspecified atom stereocenters. The van der Waals surface area contributed by atoms with Crippen molar-refractivity contribution in [1.29, 1.82) is 0 Å². The lowest BCUT2D eigenvalue weighted by Crippen LogP contribution is -1.95. The lowest BCUT2D eigenvalue weighted by molar-refractivity contribution is 0.487. The van der Waals surface area contributed by atoms with E-state index in [9.17, 15) is 4.39 Å². The Labute approximate surface area is 137 Å². The number of halogens is 3. The summed E-state index contributed by atoms with van der Waals surface area (Å²) in [6.07, 6.45) is 1.55. The highest BCUT2D eigenvalue weighted by atomic mass is 79.9. The summed E-state index contributed by atoms with van der Waals surface area (Å²) in [5, 5.41) is 0.782. The number of aromatic nitrogens is 1. The third kappa shape index (κ3) is 2.87. The number of nitrogen functional groups attached to an aromatic ring is 1. The second kappa shape index (κ2) is 5.61. The molecule has 0 bridgehead atoms. The van der Waals surface area contributed by atoms with Crippen molar-refractivity contribution >= 4 is 48.5 Å². The van der Waals surface area contributed by atoms with Crippen LogP contribution in [0.1, 0.15) is 0 Å². The van der Waals surface area contributed by atoms with Gasteiger partial charge in [0.05, 0.1) is 21.9 Å².